The van der Waals surface area contributed by atoms with Gasteiger partial charge in [0.25, 0.3) is 0 Å². The molecule has 0 spiro atoms. The minimum Gasteiger partial charge on any atom is -0.494 e. The van der Waals surface area contributed by atoms with E-state index in [0.29, 0.717) is 28.9 Å². The maximum absolute atomic E-state index is 13.2. The maximum atomic E-state index is 13.2. The molecule has 20 heavy (non-hydrogen) atoms. The molecule has 106 valence electrons. The largest absolute Gasteiger partial charge is 0.494 e. The van der Waals surface area contributed by atoms with Gasteiger partial charge in [-0.25, -0.2) is 20.2 Å². The summed E-state index contributed by atoms with van der Waals surface area (Å²) < 4.78 is 18.3. The number of methoxy groups -OCH3 is 1. The summed E-state index contributed by atoms with van der Waals surface area (Å²) in [7, 11) is 1.48. The number of aryl methyl sites for hydroxylation is 1. The molecular weight excluding hydrogens is 261 g/mol. The predicted octanol–water partition coefficient (Wildman–Crippen LogP) is 2.27. The monoisotopic (exact) mass is 277 g/mol. The molecule has 0 amide bonds. The van der Waals surface area contributed by atoms with E-state index in [4.69, 9.17) is 10.6 Å². The molecule has 4 N–H and O–H groups in total. The van der Waals surface area contributed by atoms with Crippen LogP contribution in [0.5, 0.6) is 5.75 Å². The smallest absolute Gasteiger partial charge is 0.148 e. The molecule has 0 unspecified atom stereocenters. The number of benzene rings is 1. The SMILES string of the molecule is COc1cc(F)ccc1Nc1nc(C)nc(NN)c1C. The Hall–Kier alpha value is -2.41. The van der Waals surface area contributed by atoms with E-state index in [1.807, 2.05) is 6.92 Å². The molecular formula is C13H16FN5O. The van der Waals surface area contributed by atoms with Crippen LogP contribution in [-0.4, -0.2) is 17.1 Å². The maximum Gasteiger partial charge on any atom is 0.148 e. The highest BCUT2D eigenvalue weighted by Gasteiger charge is 2.11. The lowest BCUT2D eigenvalue weighted by Crippen LogP contribution is -2.13. The lowest BCUT2D eigenvalue weighted by molar-refractivity contribution is 0.413. The topological polar surface area (TPSA) is 85.1 Å². The lowest BCUT2D eigenvalue weighted by Gasteiger charge is -2.14. The fourth-order valence-corrected chi connectivity index (χ4v) is 1.79. The number of nitrogens with zero attached hydrogens (tertiary/aromatic N) is 2. The Bertz CT molecular complexity index is 632. The number of nitrogens with one attached hydrogen (secondary N) is 2. The lowest BCUT2D eigenvalue weighted by atomic mass is 10.2. The Morgan fingerprint density at radius 2 is 1.90 bits per heavy atom. The van der Waals surface area contributed by atoms with Crippen molar-refractivity contribution in [2.45, 2.75) is 13.8 Å². The van der Waals surface area contributed by atoms with Gasteiger partial charge in [-0.05, 0) is 26.0 Å². The first-order valence-electron chi connectivity index (χ1n) is 5.97. The van der Waals surface area contributed by atoms with Crippen molar-refractivity contribution in [2.75, 3.05) is 17.9 Å². The van der Waals surface area contributed by atoms with Crippen LogP contribution in [-0.2, 0) is 0 Å². The molecule has 0 atom stereocenters. The molecule has 2 rings (SSSR count). The van der Waals surface area contributed by atoms with Gasteiger partial charge in [0.2, 0.25) is 0 Å². The van der Waals surface area contributed by atoms with Crippen molar-refractivity contribution < 1.29 is 9.13 Å². The Kier molecular flexibility index (Phi) is 3.99. The van der Waals surface area contributed by atoms with Gasteiger partial charge >= 0.3 is 0 Å². The number of halogens is 1. The number of ether oxygens (including phenoxy) is 1. The number of hydrazine groups is 1. The molecule has 1 heterocycles. The molecule has 1 aromatic heterocycles. The molecule has 0 saturated heterocycles. The van der Waals surface area contributed by atoms with Crippen LogP contribution < -0.4 is 21.3 Å². The average Bonchev–Trinajstić information content (AvgIpc) is 2.44. The van der Waals surface area contributed by atoms with Crippen LogP contribution in [0.3, 0.4) is 0 Å². The van der Waals surface area contributed by atoms with Gasteiger partial charge in [0.15, 0.2) is 0 Å². The molecule has 0 aliphatic rings. The minimum absolute atomic E-state index is 0.368. The molecule has 0 aliphatic heterocycles. The summed E-state index contributed by atoms with van der Waals surface area (Å²) in [4.78, 5) is 8.48. The number of nitrogens with two attached hydrogens (primary N) is 1. The summed E-state index contributed by atoms with van der Waals surface area (Å²) in [6.45, 7) is 3.58. The normalized spacial score (nSPS) is 10.2. The first-order chi connectivity index (χ1) is 9.55. The van der Waals surface area contributed by atoms with Crippen LogP contribution in [0.1, 0.15) is 11.4 Å². The van der Waals surface area contributed by atoms with Crippen molar-refractivity contribution in [3.63, 3.8) is 0 Å². The number of hydrogen-bond donors (Lipinski definition) is 3. The van der Waals surface area contributed by atoms with Crippen LogP contribution >= 0.6 is 0 Å². The van der Waals surface area contributed by atoms with Crippen molar-refractivity contribution in [2.24, 2.45) is 5.84 Å². The van der Waals surface area contributed by atoms with Gasteiger partial charge in [0, 0.05) is 11.6 Å². The van der Waals surface area contributed by atoms with Gasteiger partial charge in [-0.3, -0.25) is 0 Å². The van der Waals surface area contributed by atoms with Crippen molar-refractivity contribution in [3.8, 4) is 5.75 Å². The summed E-state index contributed by atoms with van der Waals surface area (Å²) in [5.41, 5.74) is 3.88. The standard InChI is InChI=1S/C13H16FN5O/c1-7-12(16-8(2)17-13(7)19-15)18-10-5-4-9(14)6-11(10)20-3/h4-6H,15H2,1-3H3,(H2,16,17,18,19). The zero-order valence-corrected chi connectivity index (χ0v) is 11.5. The summed E-state index contributed by atoms with van der Waals surface area (Å²) in [5, 5.41) is 3.10. The van der Waals surface area contributed by atoms with Crippen molar-refractivity contribution >= 4 is 17.3 Å². The quantitative estimate of drug-likeness (QED) is 0.587. The van der Waals surface area contributed by atoms with E-state index < -0.39 is 0 Å². The number of aromatic nitrogens is 2. The van der Waals surface area contributed by atoms with Gasteiger partial charge in [-0.1, -0.05) is 0 Å². The molecule has 2 aromatic rings. The van der Waals surface area contributed by atoms with Crippen molar-refractivity contribution in [1.29, 1.82) is 0 Å². The number of nitrogen functional groups attached to an aromatic ring is 1. The van der Waals surface area contributed by atoms with Gasteiger partial charge in [-0.15, -0.1) is 0 Å². The molecule has 0 fully saturated rings. The number of hydrogen-bond acceptors (Lipinski definition) is 6. The second-order valence-corrected chi connectivity index (χ2v) is 4.21. The zero-order valence-electron chi connectivity index (χ0n) is 11.5. The molecule has 0 radical (unpaired) electrons. The molecule has 0 saturated carbocycles. The number of anilines is 3. The van der Waals surface area contributed by atoms with Crippen molar-refractivity contribution in [3.05, 3.63) is 35.4 Å². The van der Waals surface area contributed by atoms with Crippen LogP contribution in [0.15, 0.2) is 18.2 Å². The Morgan fingerprint density at radius 3 is 2.55 bits per heavy atom. The van der Waals surface area contributed by atoms with Gasteiger partial charge in [0.1, 0.15) is 29.0 Å². The summed E-state index contributed by atoms with van der Waals surface area (Å²) >= 11 is 0. The highest BCUT2D eigenvalue weighted by molar-refractivity contribution is 5.68. The summed E-state index contributed by atoms with van der Waals surface area (Å²) in [5.74, 6) is 7.11. The first kappa shape index (κ1) is 14.0. The molecule has 0 bridgehead atoms. The summed E-state index contributed by atoms with van der Waals surface area (Å²) in [6, 6.07) is 4.23. The average molecular weight is 277 g/mol. The van der Waals surface area contributed by atoms with Crippen molar-refractivity contribution in [1.82, 2.24) is 9.97 Å². The molecule has 6 nitrogen and oxygen atoms in total. The Balaban J connectivity index is 2.42. The second kappa shape index (κ2) is 5.70. The van der Waals surface area contributed by atoms with E-state index in [9.17, 15) is 4.39 Å². The molecule has 1 aromatic carbocycles. The van der Waals surface area contributed by atoms with Gasteiger partial charge in [-0.2, -0.15) is 0 Å². The Labute approximate surface area is 116 Å². The Morgan fingerprint density at radius 1 is 1.20 bits per heavy atom. The van der Waals surface area contributed by atoms with E-state index in [0.717, 1.165) is 5.56 Å². The zero-order chi connectivity index (χ0) is 14.7. The second-order valence-electron chi connectivity index (χ2n) is 4.21. The number of rotatable bonds is 4. The van der Waals surface area contributed by atoms with Crippen LogP contribution in [0.4, 0.5) is 21.7 Å². The van der Waals surface area contributed by atoms with E-state index >= 15 is 0 Å². The third kappa shape index (κ3) is 2.77. The summed E-state index contributed by atoms with van der Waals surface area (Å²) in [6.07, 6.45) is 0. The van der Waals surface area contributed by atoms with E-state index in [1.54, 1.807) is 13.0 Å². The van der Waals surface area contributed by atoms with E-state index in [-0.39, 0.29) is 5.82 Å². The fourth-order valence-electron chi connectivity index (χ4n) is 1.79. The van der Waals surface area contributed by atoms with Crippen LogP contribution in [0.2, 0.25) is 0 Å². The molecule has 7 heteroatoms. The third-order valence-corrected chi connectivity index (χ3v) is 2.81. The predicted molar refractivity (Wildman–Crippen MR) is 75.6 cm³/mol. The van der Waals surface area contributed by atoms with E-state index in [1.165, 1.54) is 19.2 Å². The van der Waals surface area contributed by atoms with Gasteiger partial charge in [0.05, 0.1) is 12.8 Å². The highest BCUT2D eigenvalue weighted by atomic mass is 19.1. The highest BCUT2D eigenvalue weighted by Crippen LogP contribution is 2.30. The van der Waals surface area contributed by atoms with Crippen LogP contribution in [0.25, 0.3) is 0 Å². The van der Waals surface area contributed by atoms with E-state index in [2.05, 4.69) is 20.7 Å². The first-order valence-corrected chi connectivity index (χ1v) is 5.97. The minimum atomic E-state index is -0.368. The van der Waals surface area contributed by atoms with Crippen LogP contribution in [0, 0.1) is 19.7 Å². The fraction of sp³-hybridized carbons (Fsp3) is 0.231. The third-order valence-electron chi connectivity index (χ3n) is 2.81. The molecule has 0 aliphatic carbocycles. The van der Waals surface area contributed by atoms with Gasteiger partial charge < -0.3 is 15.5 Å².